The number of fused-ring (bicyclic) bond motifs is 2. The van der Waals surface area contributed by atoms with E-state index in [4.69, 9.17) is 0 Å². The first kappa shape index (κ1) is 11.4. The molecule has 0 saturated carbocycles. The molecule has 92 valence electrons. The van der Waals surface area contributed by atoms with Crippen LogP contribution in [0, 0.1) is 0 Å². The highest BCUT2D eigenvalue weighted by molar-refractivity contribution is 6.18. The summed E-state index contributed by atoms with van der Waals surface area (Å²) in [5, 5.41) is 3.79. The van der Waals surface area contributed by atoms with Crippen molar-refractivity contribution in [3.8, 4) is 0 Å². The lowest BCUT2D eigenvalue weighted by atomic mass is 10.0. The highest BCUT2D eigenvalue weighted by Gasteiger charge is 2.12. The normalized spacial score (nSPS) is 10.5. The highest BCUT2D eigenvalue weighted by atomic mass is 16.2. The molecule has 0 spiro atoms. The molecule has 3 aromatic carbocycles. The summed E-state index contributed by atoms with van der Waals surface area (Å²) in [4.78, 5) is 23.3. The van der Waals surface area contributed by atoms with Gasteiger partial charge in [0.15, 0.2) is 0 Å². The van der Waals surface area contributed by atoms with Crippen molar-refractivity contribution in [3.63, 3.8) is 0 Å². The molecule has 2 amide bonds. The van der Waals surface area contributed by atoms with Gasteiger partial charge < -0.3 is 0 Å². The van der Waals surface area contributed by atoms with Crippen LogP contribution in [0.2, 0.25) is 0 Å². The standard InChI is InChI=1S/C16H11NO2/c18-10-17(11-19)16-14-7-3-1-5-12(14)9-13-6-2-4-8-15(13)16/h1-11H. The van der Waals surface area contributed by atoms with Crippen LogP contribution in [0.15, 0.2) is 54.6 Å². The molecule has 0 aliphatic heterocycles. The Bertz CT molecular complexity index is 718. The van der Waals surface area contributed by atoms with Crippen LogP contribution in [-0.4, -0.2) is 12.8 Å². The molecule has 0 radical (unpaired) electrons. The first-order valence-electron chi connectivity index (χ1n) is 5.94. The average molecular weight is 249 g/mol. The number of anilines is 1. The summed E-state index contributed by atoms with van der Waals surface area (Å²) in [5.41, 5.74) is 0.638. The van der Waals surface area contributed by atoms with E-state index in [2.05, 4.69) is 6.07 Å². The van der Waals surface area contributed by atoms with E-state index in [1.54, 1.807) is 0 Å². The minimum Gasteiger partial charge on any atom is -0.278 e. The maximum atomic E-state index is 11.1. The molecule has 3 heteroatoms. The topological polar surface area (TPSA) is 37.4 Å². The zero-order valence-corrected chi connectivity index (χ0v) is 10.1. The molecule has 0 aliphatic rings. The monoisotopic (exact) mass is 249 g/mol. The van der Waals surface area contributed by atoms with Gasteiger partial charge in [0, 0.05) is 10.8 Å². The quantitative estimate of drug-likeness (QED) is 0.528. The fraction of sp³-hybridized carbons (Fsp3) is 0. The van der Waals surface area contributed by atoms with Crippen LogP contribution in [-0.2, 0) is 9.59 Å². The maximum absolute atomic E-state index is 11.1. The van der Waals surface area contributed by atoms with Crippen molar-refractivity contribution in [2.75, 3.05) is 4.90 Å². The molecule has 0 saturated heterocycles. The van der Waals surface area contributed by atoms with Crippen LogP contribution in [0.3, 0.4) is 0 Å². The van der Waals surface area contributed by atoms with Gasteiger partial charge in [-0.2, -0.15) is 0 Å². The van der Waals surface area contributed by atoms with Crippen molar-refractivity contribution in [2.24, 2.45) is 0 Å². The summed E-state index contributed by atoms with van der Waals surface area (Å²) >= 11 is 0. The fourth-order valence-electron chi connectivity index (χ4n) is 2.40. The van der Waals surface area contributed by atoms with Crippen LogP contribution in [0.25, 0.3) is 21.5 Å². The van der Waals surface area contributed by atoms with E-state index in [9.17, 15) is 9.59 Å². The molecule has 3 aromatic rings. The van der Waals surface area contributed by atoms with Crippen molar-refractivity contribution in [1.29, 1.82) is 0 Å². The molecule has 19 heavy (non-hydrogen) atoms. The van der Waals surface area contributed by atoms with Crippen LogP contribution in [0.5, 0.6) is 0 Å². The summed E-state index contributed by atoms with van der Waals surface area (Å²) in [6.45, 7) is 0. The molecular formula is C16H11NO2. The second-order valence-electron chi connectivity index (χ2n) is 4.29. The van der Waals surface area contributed by atoms with Gasteiger partial charge in [0.1, 0.15) is 0 Å². The highest BCUT2D eigenvalue weighted by Crippen LogP contribution is 2.34. The van der Waals surface area contributed by atoms with E-state index in [1.807, 2.05) is 48.5 Å². The molecule has 0 unspecified atom stereocenters. The van der Waals surface area contributed by atoms with E-state index in [-0.39, 0.29) is 0 Å². The number of benzene rings is 3. The molecule has 3 nitrogen and oxygen atoms in total. The van der Waals surface area contributed by atoms with Crippen molar-refractivity contribution < 1.29 is 9.59 Å². The molecule has 0 bridgehead atoms. The summed E-state index contributed by atoms with van der Waals surface area (Å²) in [7, 11) is 0. The lowest BCUT2D eigenvalue weighted by molar-refractivity contribution is -0.113. The molecule has 0 aromatic heterocycles. The van der Waals surface area contributed by atoms with Crippen LogP contribution in [0.4, 0.5) is 5.69 Å². The third kappa shape index (κ3) is 1.76. The SMILES string of the molecule is O=CN(C=O)c1c2ccccc2cc2ccccc12. The predicted octanol–water partition coefficient (Wildman–Crippen LogP) is 3.11. The van der Waals surface area contributed by atoms with Gasteiger partial charge in [0.05, 0.1) is 5.69 Å². The number of nitrogens with zero attached hydrogens (tertiary/aromatic N) is 1. The molecule has 0 N–H and O–H groups in total. The molecular weight excluding hydrogens is 238 g/mol. The summed E-state index contributed by atoms with van der Waals surface area (Å²) in [6.07, 6.45) is 1.09. The van der Waals surface area contributed by atoms with Crippen LogP contribution in [0.1, 0.15) is 0 Å². The molecule has 3 rings (SSSR count). The van der Waals surface area contributed by atoms with E-state index in [1.165, 1.54) is 0 Å². The number of imide groups is 1. The van der Waals surface area contributed by atoms with Crippen LogP contribution >= 0.6 is 0 Å². The third-order valence-electron chi connectivity index (χ3n) is 3.23. The number of amides is 2. The lowest BCUT2D eigenvalue weighted by Gasteiger charge is -2.16. The Kier molecular flexibility index (Phi) is 2.72. The first-order chi connectivity index (χ1) is 9.35. The molecule has 0 atom stereocenters. The number of hydrogen-bond donors (Lipinski definition) is 0. The first-order valence-corrected chi connectivity index (χ1v) is 5.94. The van der Waals surface area contributed by atoms with Crippen molar-refractivity contribution >= 4 is 40.1 Å². The van der Waals surface area contributed by atoms with Crippen molar-refractivity contribution in [2.45, 2.75) is 0 Å². The van der Waals surface area contributed by atoms with Gasteiger partial charge in [-0.1, -0.05) is 48.5 Å². The van der Waals surface area contributed by atoms with E-state index in [0.717, 1.165) is 26.4 Å². The third-order valence-corrected chi connectivity index (χ3v) is 3.23. The second-order valence-corrected chi connectivity index (χ2v) is 4.29. The van der Waals surface area contributed by atoms with E-state index >= 15 is 0 Å². The van der Waals surface area contributed by atoms with E-state index < -0.39 is 0 Å². The smallest absolute Gasteiger partial charge is 0.220 e. The molecule has 0 heterocycles. The van der Waals surface area contributed by atoms with Gasteiger partial charge in [-0.25, -0.2) is 0 Å². The largest absolute Gasteiger partial charge is 0.278 e. The predicted molar refractivity (Wildman–Crippen MR) is 76.1 cm³/mol. The van der Waals surface area contributed by atoms with Gasteiger partial charge in [0.25, 0.3) is 0 Å². The number of rotatable bonds is 3. The minimum absolute atomic E-state index is 0.543. The number of carbonyl (C=O) groups is 2. The zero-order chi connectivity index (χ0) is 13.2. The lowest BCUT2D eigenvalue weighted by Crippen LogP contribution is -2.18. The van der Waals surface area contributed by atoms with E-state index in [0.29, 0.717) is 18.5 Å². The Morgan fingerprint density at radius 1 is 0.737 bits per heavy atom. The van der Waals surface area contributed by atoms with Crippen LogP contribution < -0.4 is 4.90 Å². The average Bonchev–Trinajstić information content (AvgIpc) is 2.47. The number of carbonyl (C=O) groups excluding carboxylic acids is 2. The fourth-order valence-corrected chi connectivity index (χ4v) is 2.40. The van der Waals surface area contributed by atoms with Gasteiger partial charge in [0.2, 0.25) is 12.8 Å². The Balaban J connectivity index is 2.52. The number of hydrogen-bond acceptors (Lipinski definition) is 2. The Hall–Kier alpha value is -2.68. The Morgan fingerprint density at radius 3 is 1.68 bits per heavy atom. The van der Waals surface area contributed by atoms with Gasteiger partial charge in [-0.05, 0) is 16.8 Å². The van der Waals surface area contributed by atoms with Gasteiger partial charge >= 0.3 is 0 Å². The summed E-state index contributed by atoms with van der Waals surface area (Å²) < 4.78 is 0. The van der Waals surface area contributed by atoms with Crippen molar-refractivity contribution in [3.05, 3.63) is 54.6 Å². The van der Waals surface area contributed by atoms with Crippen molar-refractivity contribution in [1.82, 2.24) is 0 Å². The Morgan fingerprint density at radius 2 is 1.21 bits per heavy atom. The zero-order valence-electron chi connectivity index (χ0n) is 10.1. The summed E-state index contributed by atoms with van der Waals surface area (Å²) in [6, 6.07) is 17.5. The molecule has 0 aliphatic carbocycles. The molecule has 0 fully saturated rings. The van der Waals surface area contributed by atoms with Gasteiger partial charge in [-0.3, -0.25) is 14.5 Å². The maximum Gasteiger partial charge on any atom is 0.220 e. The summed E-state index contributed by atoms with van der Waals surface area (Å²) in [5.74, 6) is 0. The van der Waals surface area contributed by atoms with Gasteiger partial charge in [-0.15, -0.1) is 0 Å². The minimum atomic E-state index is 0.543. The Labute approximate surface area is 110 Å². The second kappa shape index (κ2) is 4.53.